The summed E-state index contributed by atoms with van der Waals surface area (Å²) in [6.45, 7) is 1.57. The highest BCUT2D eigenvalue weighted by Gasteiger charge is 2.35. The lowest BCUT2D eigenvalue weighted by molar-refractivity contribution is -0.145. The second-order valence-electron chi connectivity index (χ2n) is 5.70. The number of ether oxygens (including phenoxy) is 3. The van der Waals surface area contributed by atoms with Crippen LogP contribution in [0.5, 0.6) is 11.5 Å². The SMILES string of the molecule is CCOC(=O)COc1c(Cl)cc(C=C2C(=O)N(C)C(=S)N(C)C2=O)cc1OC. The number of methoxy groups -OCH3 is 1. The fraction of sp³-hybridized carbons (Fsp3) is 0.333. The molecule has 1 aromatic carbocycles. The standard InChI is InChI=1S/C18H19ClN2O6S/c1-5-26-14(22)9-27-15-12(19)7-10(8-13(15)25-4)6-11-16(23)20(2)18(28)21(3)17(11)24/h6-8H,5,9H2,1-4H3. The molecule has 1 saturated heterocycles. The van der Waals surface area contributed by atoms with Gasteiger partial charge in [-0.1, -0.05) is 11.6 Å². The van der Waals surface area contributed by atoms with Crippen molar-refractivity contribution in [1.82, 2.24) is 9.80 Å². The number of rotatable bonds is 6. The van der Waals surface area contributed by atoms with Crippen LogP contribution in [0.3, 0.4) is 0 Å². The third-order valence-electron chi connectivity index (χ3n) is 3.85. The Labute approximate surface area is 172 Å². The number of nitrogens with zero attached hydrogens (tertiary/aromatic N) is 2. The number of likely N-dealkylation sites (N-methyl/N-ethyl adjacent to an activating group) is 2. The first-order valence-electron chi connectivity index (χ1n) is 8.19. The zero-order valence-electron chi connectivity index (χ0n) is 15.8. The molecule has 1 aliphatic heterocycles. The fourth-order valence-electron chi connectivity index (χ4n) is 2.44. The molecule has 1 heterocycles. The Kier molecular flexibility index (Phi) is 6.98. The monoisotopic (exact) mass is 426 g/mol. The van der Waals surface area contributed by atoms with Crippen molar-refractivity contribution in [1.29, 1.82) is 0 Å². The van der Waals surface area contributed by atoms with Crippen molar-refractivity contribution in [2.24, 2.45) is 0 Å². The molecule has 1 fully saturated rings. The molecule has 28 heavy (non-hydrogen) atoms. The highest BCUT2D eigenvalue weighted by atomic mass is 35.5. The van der Waals surface area contributed by atoms with Gasteiger partial charge in [-0.05, 0) is 42.9 Å². The van der Waals surface area contributed by atoms with Gasteiger partial charge in [0.25, 0.3) is 11.8 Å². The molecule has 10 heteroatoms. The minimum absolute atomic E-state index is 0.0723. The molecule has 0 spiro atoms. The van der Waals surface area contributed by atoms with Crippen molar-refractivity contribution in [2.45, 2.75) is 6.92 Å². The van der Waals surface area contributed by atoms with E-state index >= 15 is 0 Å². The van der Waals surface area contributed by atoms with Gasteiger partial charge in [-0.25, -0.2) is 4.79 Å². The first kappa shape index (κ1) is 21.6. The quantitative estimate of drug-likeness (QED) is 0.297. The molecule has 2 rings (SSSR count). The van der Waals surface area contributed by atoms with E-state index in [0.717, 1.165) is 0 Å². The molecule has 0 radical (unpaired) electrons. The van der Waals surface area contributed by atoms with E-state index in [1.165, 1.54) is 49.2 Å². The van der Waals surface area contributed by atoms with E-state index in [1.54, 1.807) is 6.92 Å². The summed E-state index contributed by atoms with van der Waals surface area (Å²) in [5.74, 6) is -1.21. The molecule has 150 valence electrons. The number of carbonyl (C=O) groups is 3. The van der Waals surface area contributed by atoms with Gasteiger partial charge in [-0.3, -0.25) is 19.4 Å². The summed E-state index contributed by atoms with van der Waals surface area (Å²) in [5, 5.41) is 0.258. The van der Waals surface area contributed by atoms with E-state index < -0.39 is 17.8 Å². The van der Waals surface area contributed by atoms with Gasteiger partial charge >= 0.3 is 5.97 Å². The van der Waals surface area contributed by atoms with E-state index in [0.29, 0.717) is 5.56 Å². The molecule has 1 aliphatic rings. The summed E-state index contributed by atoms with van der Waals surface area (Å²) < 4.78 is 15.4. The highest BCUT2D eigenvalue weighted by molar-refractivity contribution is 7.80. The Balaban J connectivity index is 2.37. The van der Waals surface area contributed by atoms with Gasteiger partial charge in [0, 0.05) is 14.1 Å². The van der Waals surface area contributed by atoms with Crippen molar-refractivity contribution in [3.8, 4) is 11.5 Å². The molecule has 0 unspecified atom stereocenters. The van der Waals surface area contributed by atoms with Crippen molar-refractivity contribution in [3.63, 3.8) is 0 Å². The Hall–Kier alpha value is -2.65. The average Bonchev–Trinajstić information content (AvgIpc) is 2.67. The summed E-state index contributed by atoms with van der Waals surface area (Å²) >= 11 is 11.3. The predicted octanol–water partition coefficient (Wildman–Crippen LogP) is 1.89. The molecule has 0 saturated carbocycles. The van der Waals surface area contributed by atoms with Crippen LogP contribution >= 0.6 is 23.8 Å². The number of thiocarbonyl (C=S) groups is 1. The van der Waals surface area contributed by atoms with E-state index in [4.69, 9.17) is 38.0 Å². The molecule has 1 aromatic rings. The first-order chi connectivity index (χ1) is 13.2. The third-order valence-corrected chi connectivity index (χ3v) is 4.67. The lowest BCUT2D eigenvalue weighted by atomic mass is 10.1. The number of halogens is 1. The van der Waals surface area contributed by atoms with Crippen molar-refractivity contribution in [2.75, 3.05) is 34.4 Å². The number of hydrogen-bond acceptors (Lipinski definition) is 7. The van der Waals surface area contributed by atoms with Crippen LogP contribution < -0.4 is 9.47 Å². The van der Waals surface area contributed by atoms with E-state index in [2.05, 4.69) is 0 Å². The van der Waals surface area contributed by atoms with Crippen LogP contribution in [0.4, 0.5) is 0 Å². The normalized spacial score (nSPS) is 14.3. The fourth-order valence-corrected chi connectivity index (χ4v) is 2.88. The first-order valence-corrected chi connectivity index (χ1v) is 8.97. The summed E-state index contributed by atoms with van der Waals surface area (Å²) in [6.07, 6.45) is 1.39. The van der Waals surface area contributed by atoms with Crippen molar-refractivity contribution >= 4 is 52.8 Å². The highest BCUT2D eigenvalue weighted by Crippen LogP contribution is 2.37. The Bertz CT molecular complexity index is 844. The lowest BCUT2D eigenvalue weighted by Crippen LogP contribution is -2.52. The molecular formula is C18H19ClN2O6S. The smallest absolute Gasteiger partial charge is 0.344 e. The van der Waals surface area contributed by atoms with Crippen LogP contribution in [-0.2, 0) is 19.1 Å². The number of esters is 1. The molecule has 0 aromatic heterocycles. The van der Waals surface area contributed by atoms with E-state index in [1.807, 2.05) is 0 Å². The topological polar surface area (TPSA) is 85.4 Å². The van der Waals surface area contributed by atoms with Gasteiger partial charge in [-0.15, -0.1) is 0 Å². The van der Waals surface area contributed by atoms with E-state index in [-0.39, 0.29) is 40.4 Å². The summed E-state index contributed by atoms with van der Waals surface area (Å²) in [4.78, 5) is 38.7. The molecule has 0 N–H and O–H groups in total. The minimum Gasteiger partial charge on any atom is -0.493 e. The van der Waals surface area contributed by atoms with Gasteiger partial charge < -0.3 is 14.2 Å². The summed E-state index contributed by atoms with van der Waals surface area (Å²) in [5.41, 5.74) is 0.369. The van der Waals surface area contributed by atoms with Crippen LogP contribution in [0.1, 0.15) is 12.5 Å². The molecule has 8 nitrogen and oxygen atoms in total. The molecule has 2 amide bonds. The maximum Gasteiger partial charge on any atom is 0.344 e. The van der Waals surface area contributed by atoms with Crippen LogP contribution in [-0.4, -0.2) is 67.1 Å². The van der Waals surface area contributed by atoms with Gasteiger partial charge in [0.1, 0.15) is 5.57 Å². The summed E-state index contributed by atoms with van der Waals surface area (Å²) in [7, 11) is 4.37. The predicted molar refractivity (Wildman–Crippen MR) is 106 cm³/mol. The molecule has 0 bridgehead atoms. The van der Waals surface area contributed by atoms with Gasteiger partial charge in [0.05, 0.1) is 18.7 Å². The number of benzene rings is 1. The number of hydrogen-bond donors (Lipinski definition) is 0. The Morgan fingerprint density at radius 3 is 2.36 bits per heavy atom. The number of carbonyl (C=O) groups excluding carboxylic acids is 3. The molecule has 0 atom stereocenters. The zero-order valence-corrected chi connectivity index (χ0v) is 17.3. The van der Waals surface area contributed by atoms with Crippen LogP contribution in [0.25, 0.3) is 6.08 Å². The van der Waals surface area contributed by atoms with Gasteiger partial charge in [0.15, 0.2) is 23.2 Å². The van der Waals surface area contributed by atoms with Crippen molar-refractivity contribution < 1.29 is 28.6 Å². The minimum atomic E-state index is -0.549. The Morgan fingerprint density at radius 2 is 1.82 bits per heavy atom. The lowest BCUT2D eigenvalue weighted by Gasteiger charge is -2.31. The van der Waals surface area contributed by atoms with Gasteiger partial charge in [0.2, 0.25) is 0 Å². The van der Waals surface area contributed by atoms with Crippen LogP contribution in [0.15, 0.2) is 17.7 Å². The van der Waals surface area contributed by atoms with Crippen molar-refractivity contribution in [3.05, 3.63) is 28.3 Å². The third kappa shape index (κ3) is 4.42. The second kappa shape index (κ2) is 9.03. The van der Waals surface area contributed by atoms with E-state index in [9.17, 15) is 14.4 Å². The molecule has 0 aliphatic carbocycles. The molecular weight excluding hydrogens is 408 g/mol. The number of amides is 2. The summed E-state index contributed by atoms with van der Waals surface area (Å²) in [6, 6.07) is 3.03. The maximum absolute atomic E-state index is 12.4. The Morgan fingerprint density at radius 1 is 1.21 bits per heavy atom. The zero-order chi connectivity index (χ0) is 21.0. The maximum atomic E-state index is 12.4. The second-order valence-corrected chi connectivity index (χ2v) is 6.47. The van der Waals surface area contributed by atoms with Gasteiger partial charge in [-0.2, -0.15) is 0 Å². The average molecular weight is 427 g/mol. The van der Waals surface area contributed by atoms with Crippen LogP contribution in [0.2, 0.25) is 5.02 Å². The van der Waals surface area contributed by atoms with Crippen LogP contribution in [0, 0.1) is 0 Å². The largest absolute Gasteiger partial charge is 0.493 e.